The molecule has 142 valence electrons. The van der Waals surface area contributed by atoms with E-state index in [1.54, 1.807) is 0 Å². The summed E-state index contributed by atoms with van der Waals surface area (Å²) in [5.74, 6) is 1.85. The molecule has 6 nitrogen and oxygen atoms in total. The van der Waals surface area contributed by atoms with Gasteiger partial charge in [-0.15, -0.1) is 0 Å². The van der Waals surface area contributed by atoms with Crippen molar-refractivity contribution in [1.29, 1.82) is 0 Å². The highest BCUT2D eigenvalue weighted by atomic mass is 16.2. The lowest BCUT2D eigenvalue weighted by Gasteiger charge is -2.31. The van der Waals surface area contributed by atoms with E-state index < -0.39 is 0 Å². The number of nitrogens with one attached hydrogen (secondary N) is 1. The first-order valence-corrected chi connectivity index (χ1v) is 9.90. The monoisotopic (exact) mass is 365 g/mol. The SMILES string of the molecule is CCc1cccc(NC(=O)N2CCc3nc(C)nc(N4CCCC4)c3C2)c1. The number of carbonyl (C=O) groups is 1. The van der Waals surface area contributed by atoms with Gasteiger partial charge in [0.1, 0.15) is 11.6 Å². The molecule has 2 aromatic rings. The average Bonchev–Trinajstić information content (AvgIpc) is 3.21. The smallest absolute Gasteiger partial charge is 0.322 e. The first-order valence-electron chi connectivity index (χ1n) is 9.90. The largest absolute Gasteiger partial charge is 0.356 e. The minimum atomic E-state index is -0.0538. The van der Waals surface area contributed by atoms with E-state index in [0.717, 1.165) is 54.5 Å². The highest BCUT2D eigenvalue weighted by Gasteiger charge is 2.28. The quantitative estimate of drug-likeness (QED) is 0.904. The molecule has 1 saturated heterocycles. The van der Waals surface area contributed by atoms with Crippen molar-refractivity contribution >= 4 is 17.5 Å². The summed E-state index contributed by atoms with van der Waals surface area (Å²) < 4.78 is 0. The fraction of sp³-hybridized carbons (Fsp3) is 0.476. The first-order chi connectivity index (χ1) is 13.1. The second kappa shape index (κ2) is 7.55. The van der Waals surface area contributed by atoms with E-state index in [4.69, 9.17) is 4.98 Å². The van der Waals surface area contributed by atoms with Gasteiger partial charge in [-0.1, -0.05) is 19.1 Å². The van der Waals surface area contributed by atoms with Crippen LogP contribution in [0.25, 0.3) is 0 Å². The van der Waals surface area contributed by atoms with Gasteiger partial charge in [-0.2, -0.15) is 0 Å². The third-order valence-electron chi connectivity index (χ3n) is 5.43. The molecule has 0 unspecified atom stereocenters. The van der Waals surface area contributed by atoms with Crippen molar-refractivity contribution < 1.29 is 4.79 Å². The minimum absolute atomic E-state index is 0.0538. The van der Waals surface area contributed by atoms with Crippen molar-refractivity contribution in [3.63, 3.8) is 0 Å². The summed E-state index contributed by atoms with van der Waals surface area (Å²) >= 11 is 0. The second-order valence-corrected chi connectivity index (χ2v) is 7.37. The molecule has 0 atom stereocenters. The predicted molar refractivity (Wildman–Crippen MR) is 107 cm³/mol. The molecule has 2 aliphatic heterocycles. The molecule has 27 heavy (non-hydrogen) atoms. The Balaban J connectivity index is 1.54. The van der Waals surface area contributed by atoms with Gasteiger partial charge in [0.15, 0.2) is 0 Å². The molecular formula is C21H27N5O. The molecule has 0 spiro atoms. The third kappa shape index (κ3) is 3.75. The number of anilines is 2. The van der Waals surface area contributed by atoms with Gasteiger partial charge in [-0.3, -0.25) is 0 Å². The molecule has 0 aliphatic carbocycles. The van der Waals surface area contributed by atoms with E-state index in [-0.39, 0.29) is 6.03 Å². The Morgan fingerprint density at radius 3 is 2.78 bits per heavy atom. The first kappa shape index (κ1) is 17.8. The molecule has 1 N–H and O–H groups in total. The van der Waals surface area contributed by atoms with Crippen LogP contribution in [0.3, 0.4) is 0 Å². The molecule has 1 aromatic carbocycles. The van der Waals surface area contributed by atoms with E-state index in [1.165, 1.54) is 18.4 Å². The Morgan fingerprint density at radius 2 is 2.00 bits per heavy atom. The molecule has 2 amide bonds. The van der Waals surface area contributed by atoms with Crippen LogP contribution in [0.2, 0.25) is 0 Å². The summed E-state index contributed by atoms with van der Waals surface area (Å²) in [4.78, 5) is 26.4. The summed E-state index contributed by atoms with van der Waals surface area (Å²) in [7, 11) is 0. The van der Waals surface area contributed by atoms with Gasteiger partial charge in [0.05, 0.1) is 12.2 Å². The van der Waals surface area contributed by atoms with Gasteiger partial charge < -0.3 is 15.1 Å². The van der Waals surface area contributed by atoms with E-state index in [1.807, 2.05) is 30.0 Å². The minimum Gasteiger partial charge on any atom is -0.356 e. The summed E-state index contributed by atoms with van der Waals surface area (Å²) in [5.41, 5.74) is 4.29. The average molecular weight is 365 g/mol. The molecule has 3 heterocycles. The molecule has 0 saturated carbocycles. The highest BCUT2D eigenvalue weighted by Crippen LogP contribution is 2.29. The number of hydrogen-bond acceptors (Lipinski definition) is 4. The van der Waals surface area contributed by atoms with Gasteiger partial charge in [-0.05, 0) is 43.9 Å². The summed E-state index contributed by atoms with van der Waals surface area (Å²) in [6.45, 7) is 7.41. The van der Waals surface area contributed by atoms with Crippen LogP contribution in [0.15, 0.2) is 24.3 Å². The molecule has 0 radical (unpaired) electrons. The standard InChI is InChI=1S/C21H27N5O/c1-3-16-7-6-8-17(13-16)24-21(27)26-12-9-19-18(14-26)20(23-15(2)22-19)25-10-4-5-11-25/h6-8,13H,3-5,9-12,14H2,1-2H3,(H,24,27). The van der Waals surface area contributed by atoms with E-state index in [0.29, 0.717) is 13.1 Å². The normalized spacial score (nSPS) is 16.4. The number of amides is 2. The van der Waals surface area contributed by atoms with Crippen LogP contribution < -0.4 is 10.2 Å². The Morgan fingerprint density at radius 1 is 1.19 bits per heavy atom. The Bertz CT molecular complexity index is 844. The number of hydrogen-bond donors (Lipinski definition) is 1. The number of benzene rings is 1. The maximum absolute atomic E-state index is 12.8. The molecule has 1 aromatic heterocycles. The van der Waals surface area contributed by atoms with Crippen LogP contribution in [0.4, 0.5) is 16.3 Å². The molecule has 4 rings (SSSR count). The van der Waals surface area contributed by atoms with E-state index >= 15 is 0 Å². The van der Waals surface area contributed by atoms with Crippen LogP contribution in [0.5, 0.6) is 0 Å². The maximum Gasteiger partial charge on any atom is 0.322 e. The summed E-state index contributed by atoms with van der Waals surface area (Å²) in [5, 5.41) is 3.05. The van der Waals surface area contributed by atoms with Crippen molar-refractivity contribution in [2.75, 3.05) is 29.9 Å². The third-order valence-corrected chi connectivity index (χ3v) is 5.43. The molecule has 6 heteroatoms. The fourth-order valence-electron chi connectivity index (χ4n) is 3.95. The van der Waals surface area contributed by atoms with E-state index in [2.05, 4.69) is 28.2 Å². The number of nitrogens with zero attached hydrogens (tertiary/aromatic N) is 4. The molecule has 0 bridgehead atoms. The van der Waals surface area contributed by atoms with Crippen LogP contribution in [-0.4, -0.2) is 40.5 Å². The number of fused-ring (bicyclic) bond motifs is 1. The van der Waals surface area contributed by atoms with Crippen LogP contribution in [0.1, 0.15) is 42.4 Å². The van der Waals surface area contributed by atoms with Gasteiger partial charge in [0.25, 0.3) is 0 Å². The van der Waals surface area contributed by atoms with Gasteiger partial charge in [0.2, 0.25) is 0 Å². The van der Waals surface area contributed by atoms with Crippen LogP contribution in [0, 0.1) is 6.92 Å². The lowest BCUT2D eigenvalue weighted by Crippen LogP contribution is -2.40. The Hall–Kier alpha value is -2.63. The molecular weight excluding hydrogens is 338 g/mol. The zero-order valence-electron chi connectivity index (χ0n) is 16.2. The summed E-state index contributed by atoms with van der Waals surface area (Å²) in [6, 6.07) is 7.99. The van der Waals surface area contributed by atoms with Crippen molar-refractivity contribution in [2.24, 2.45) is 0 Å². The Labute approximate surface area is 160 Å². The van der Waals surface area contributed by atoms with Crippen molar-refractivity contribution in [3.8, 4) is 0 Å². The number of aryl methyl sites for hydroxylation is 2. The van der Waals surface area contributed by atoms with Crippen molar-refractivity contribution in [1.82, 2.24) is 14.9 Å². The van der Waals surface area contributed by atoms with Gasteiger partial charge in [-0.25, -0.2) is 14.8 Å². The van der Waals surface area contributed by atoms with Gasteiger partial charge >= 0.3 is 6.03 Å². The number of rotatable bonds is 3. The second-order valence-electron chi connectivity index (χ2n) is 7.37. The zero-order valence-corrected chi connectivity index (χ0v) is 16.2. The molecule has 1 fully saturated rings. The summed E-state index contributed by atoms with van der Waals surface area (Å²) in [6.07, 6.45) is 4.14. The topological polar surface area (TPSA) is 61.4 Å². The molecule has 2 aliphatic rings. The lowest BCUT2D eigenvalue weighted by molar-refractivity contribution is 0.206. The predicted octanol–water partition coefficient (Wildman–Crippen LogP) is 3.54. The highest BCUT2D eigenvalue weighted by molar-refractivity contribution is 5.89. The number of carbonyl (C=O) groups excluding carboxylic acids is 1. The van der Waals surface area contributed by atoms with Crippen LogP contribution in [-0.2, 0) is 19.4 Å². The maximum atomic E-state index is 12.8. The van der Waals surface area contributed by atoms with Crippen LogP contribution >= 0.6 is 0 Å². The number of aromatic nitrogens is 2. The zero-order chi connectivity index (χ0) is 18.8. The number of urea groups is 1. The van der Waals surface area contributed by atoms with E-state index in [9.17, 15) is 4.79 Å². The van der Waals surface area contributed by atoms with Crippen molar-refractivity contribution in [3.05, 3.63) is 46.9 Å². The van der Waals surface area contributed by atoms with Crippen molar-refractivity contribution in [2.45, 2.75) is 46.1 Å². The fourth-order valence-corrected chi connectivity index (χ4v) is 3.95. The van der Waals surface area contributed by atoms with Gasteiger partial charge in [0, 0.05) is 37.3 Å². The Kier molecular flexibility index (Phi) is 4.97. The lowest BCUT2D eigenvalue weighted by atomic mass is 10.1.